The van der Waals surface area contributed by atoms with Gasteiger partial charge in [-0.15, -0.1) is 0 Å². The van der Waals surface area contributed by atoms with Gasteiger partial charge >= 0.3 is 0 Å². The molecule has 4 rings (SSSR count). The van der Waals surface area contributed by atoms with E-state index in [1.807, 2.05) is 31.2 Å². The summed E-state index contributed by atoms with van der Waals surface area (Å²) in [6.45, 7) is 2.56. The number of benzene rings is 2. The van der Waals surface area contributed by atoms with E-state index >= 15 is 0 Å². The van der Waals surface area contributed by atoms with Crippen molar-refractivity contribution in [2.45, 2.75) is 31.7 Å². The molecule has 0 atom stereocenters. The molecule has 1 fully saturated rings. The zero-order valence-electron chi connectivity index (χ0n) is 14.5. The molecule has 3 aromatic rings. The fourth-order valence-corrected chi connectivity index (χ4v) is 3.19. The molecule has 0 unspecified atom stereocenters. The van der Waals surface area contributed by atoms with Crippen LogP contribution in [0, 0.1) is 6.92 Å². The molecule has 2 aromatic carbocycles. The minimum absolute atomic E-state index is 0.177. The van der Waals surface area contributed by atoms with Crippen LogP contribution >= 0.6 is 0 Å². The van der Waals surface area contributed by atoms with Crippen molar-refractivity contribution < 1.29 is 9.26 Å². The van der Waals surface area contributed by atoms with Crippen LogP contribution in [0.2, 0.25) is 0 Å². The SMILES string of the molecule is COc1cc(C2(c3nc(-c4ccc(CN)cc4)no3)CC2)ccc1C. The number of rotatable bonds is 5. The molecule has 0 radical (unpaired) electrons. The molecule has 0 bridgehead atoms. The smallest absolute Gasteiger partial charge is 0.237 e. The van der Waals surface area contributed by atoms with Crippen molar-refractivity contribution in [1.82, 2.24) is 10.1 Å². The normalized spacial score (nSPS) is 15.2. The Morgan fingerprint density at radius 1 is 1.16 bits per heavy atom. The van der Waals surface area contributed by atoms with Crippen molar-refractivity contribution in [1.29, 1.82) is 0 Å². The molecule has 1 aliphatic carbocycles. The van der Waals surface area contributed by atoms with Gasteiger partial charge in [0.1, 0.15) is 5.75 Å². The fourth-order valence-electron chi connectivity index (χ4n) is 3.19. The second-order valence-electron chi connectivity index (χ2n) is 6.59. The van der Waals surface area contributed by atoms with Crippen LogP contribution in [0.5, 0.6) is 5.75 Å². The van der Waals surface area contributed by atoms with Crippen LogP contribution in [0.25, 0.3) is 11.4 Å². The van der Waals surface area contributed by atoms with Crippen LogP contribution in [-0.4, -0.2) is 17.3 Å². The Morgan fingerprint density at radius 2 is 1.92 bits per heavy atom. The highest BCUT2D eigenvalue weighted by atomic mass is 16.5. The molecule has 1 saturated carbocycles. The highest BCUT2D eigenvalue weighted by Crippen LogP contribution is 2.53. The molecule has 1 heterocycles. The predicted molar refractivity (Wildman–Crippen MR) is 95.4 cm³/mol. The molecule has 1 aliphatic rings. The van der Waals surface area contributed by atoms with E-state index in [0.29, 0.717) is 18.3 Å². The van der Waals surface area contributed by atoms with E-state index < -0.39 is 0 Å². The van der Waals surface area contributed by atoms with Gasteiger partial charge < -0.3 is 15.0 Å². The van der Waals surface area contributed by atoms with Crippen molar-refractivity contribution in [3.8, 4) is 17.1 Å². The van der Waals surface area contributed by atoms with Gasteiger partial charge in [-0.2, -0.15) is 4.98 Å². The lowest BCUT2D eigenvalue weighted by Gasteiger charge is -2.13. The fraction of sp³-hybridized carbons (Fsp3) is 0.300. The Bertz CT molecular complexity index is 896. The van der Waals surface area contributed by atoms with Gasteiger partial charge in [-0.1, -0.05) is 41.6 Å². The predicted octanol–water partition coefficient (Wildman–Crippen LogP) is 3.59. The van der Waals surface area contributed by atoms with E-state index in [1.165, 1.54) is 5.56 Å². The summed E-state index contributed by atoms with van der Waals surface area (Å²) in [4.78, 5) is 4.67. The lowest BCUT2D eigenvalue weighted by atomic mass is 9.94. The van der Waals surface area contributed by atoms with E-state index in [0.717, 1.165) is 35.3 Å². The largest absolute Gasteiger partial charge is 0.496 e. The Balaban J connectivity index is 1.67. The molecule has 0 spiro atoms. The van der Waals surface area contributed by atoms with E-state index in [9.17, 15) is 0 Å². The van der Waals surface area contributed by atoms with E-state index in [-0.39, 0.29) is 5.41 Å². The monoisotopic (exact) mass is 335 g/mol. The van der Waals surface area contributed by atoms with Crippen LogP contribution in [0.15, 0.2) is 47.0 Å². The molecule has 128 valence electrons. The molecule has 5 nitrogen and oxygen atoms in total. The molecule has 0 aliphatic heterocycles. The first kappa shape index (κ1) is 15.8. The molecular weight excluding hydrogens is 314 g/mol. The van der Waals surface area contributed by atoms with E-state index in [1.54, 1.807) is 7.11 Å². The van der Waals surface area contributed by atoms with Crippen LogP contribution in [0.1, 0.15) is 35.4 Å². The van der Waals surface area contributed by atoms with E-state index in [4.69, 9.17) is 15.0 Å². The third kappa shape index (κ3) is 2.70. The zero-order chi connectivity index (χ0) is 17.4. The summed E-state index contributed by atoms with van der Waals surface area (Å²) in [6.07, 6.45) is 2.01. The highest BCUT2D eigenvalue weighted by molar-refractivity contribution is 5.55. The average Bonchev–Trinajstić information content (AvgIpc) is 3.31. The second kappa shape index (κ2) is 6.01. The van der Waals surface area contributed by atoms with Crippen molar-refractivity contribution >= 4 is 0 Å². The van der Waals surface area contributed by atoms with Crippen molar-refractivity contribution in [2.24, 2.45) is 5.73 Å². The van der Waals surface area contributed by atoms with Crippen molar-refractivity contribution in [3.05, 3.63) is 65.0 Å². The number of ether oxygens (including phenoxy) is 1. The van der Waals surface area contributed by atoms with Crippen LogP contribution in [-0.2, 0) is 12.0 Å². The Labute approximate surface area is 146 Å². The Morgan fingerprint density at radius 3 is 2.56 bits per heavy atom. The number of nitrogens with two attached hydrogens (primary N) is 1. The van der Waals surface area contributed by atoms with Crippen LogP contribution < -0.4 is 10.5 Å². The first-order chi connectivity index (χ1) is 12.2. The maximum Gasteiger partial charge on any atom is 0.237 e. The summed E-state index contributed by atoms with van der Waals surface area (Å²) in [5.74, 6) is 2.18. The van der Waals surface area contributed by atoms with Crippen molar-refractivity contribution in [3.63, 3.8) is 0 Å². The number of hydrogen-bond donors (Lipinski definition) is 1. The standard InChI is InChI=1S/C20H21N3O2/c1-13-3-8-16(11-17(13)24-2)20(9-10-20)19-22-18(23-25-19)15-6-4-14(12-21)5-7-15/h3-8,11H,9-10,12,21H2,1-2H3. The lowest BCUT2D eigenvalue weighted by molar-refractivity contribution is 0.359. The Kier molecular flexibility index (Phi) is 3.81. The maximum atomic E-state index is 5.65. The maximum absolute atomic E-state index is 5.65. The first-order valence-corrected chi connectivity index (χ1v) is 8.45. The number of methoxy groups -OCH3 is 1. The quantitative estimate of drug-likeness (QED) is 0.771. The van der Waals surface area contributed by atoms with Crippen LogP contribution in [0.4, 0.5) is 0 Å². The molecular formula is C20H21N3O2. The lowest BCUT2D eigenvalue weighted by Crippen LogP contribution is -2.09. The molecule has 0 amide bonds. The average molecular weight is 335 g/mol. The molecule has 0 saturated heterocycles. The number of nitrogens with zero attached hydrogens (tertiary/aromatic N) is 2. The molecule has 2 N–H and O–H groups in total. The third-order valence-corrected chi connectivity index (χ3v) is 4.99. The van der Waals surface area contributed by atoms with Gasteiger partial charge in [0, 0.05) is 12.1 Å². The van der Waals surface area contributed by atoms with E-state index in [2.05, 4.69) is 28.3 Å². The third-order valence-electron chi connectivity index (χ3n) is 4.99. The van der Waals surface area contributed by atoms with Gasteiger partial charge in [-0.3, -0.25) is 0 Å². The molecule has 5 heteroatoms. The van der Waals surface area contributed by atoms with Gasteiger partial charge in [0.15, 0.2) is 0 Å². The molecule has 25 heavy (non-hydrogen) atoms. The first-order valence-electron chi connectivity index (χ1n) is 8.45. The van der Waals surface area contributed by atoms with Gasteiger partial charge in [-0.25, -0.2) is 0 Å². The highest BCUT2D eigenvalue weighted by Gasteiger charge is 2.51. The Hall–Kier alpha value is -2.66. The van der Waals surface area contributed by atoms with Gasteiger partial charge in [0.2, 0.25) is 11.7 Å². The molecule has 1 aromatic heterocycles. The van der Waals surface area contributed by atoms with Crippen LogP contribution in [0.3, 0.4) is 0 Å². The number of hydrogen-bond acceptors (Lipinski definition) is 5. The summed E-state index contributed by atoms with van der Waals surface area (Å²) in [5, 5.41) is 4.19. The summed E-state index contributed by atoms with van der Waals surface area (Å²) in [6, 6.07) is 14.2. The van der Waals surface area contributed by atoms with Crippen molar-refractivity contribution in [2.75, 3.05) is 7.11 Å². The zero-order valence-corrected chi connectivity index (χ0v) is 14.5. The number of aromatic nitrogens is 2. The second-order valence-corrected chi connectivity index (χ2v) is 6.59. The van der Waals surface area contributed by atoms with Gasteiger partial charge in [-0.05, 0) is 42.5 Å². The van der Waals surface area contributed by atoms with Gasteiger partial charge in [0.05, 0.1) is 12.5 Å². The number of aryl methyl sites for hydroxylation is 1. The minimum atomic E-state index is -0.177. The topological polar surface area (TPSA) is 74.2 Å². The summed E-state index contributed by atoms with van der Waals surface area (Å²) in [7, 11) is 1.70. The van der Waals surface area contributed by atoms with Gasteiger partial charge in [0.25, 0.3) is 0 Å². The summed E-state index contributed by atoms with van der Waals surface area (Å²) < 4.78 is 11.1. The summed E-state index contributed by atoms with van der Waals surface area (Å²) in [5.41, 5.74) is 9.77. The summed E-state index contributed by atoms with van der Waals surface area (Å²) >= 11 is 0. The minimum Gasteiger partial charge on any atom is -0.496 e.